The second-order valence-corrected chi connectivity index (χ2v) is 7.21. The van der Waals surface area contributed by atoms with Crippen LogP contribution in [0.4, 0.5) is 5.95 Å². The van der Waals surface area contributed by atoms with Crippen molar-refractivity contribution in [3.8, 4) is 0 Å². The number of benzene rings is 1. The maximum absolute atomic E-state index is 12.6. The molecule has 1 aromatic heterocycles. The molecular formula is C21H28N4O3. The van der Waals surface area contributed by atoms with Gasteiger partial charge in [0.05, 0.1) is 13.2 Å². The summed E-state index contributed by atoms with van der Waals surface area (Å²) in [6.07, 6.45) is 1.74. The van der Waals surface area contributed by atoms with E-state index in [-0.39, 0.29) is 24.1 Å². The van der Waals surface area contributed by atoms with Crippen molar-refractivity contribution >= 4 is 11.9 Å². The number of carbonyl (C=O) groups excluding carboxylic acids is 1. The predicted molar refractivity (Wildman–Crippen MR) is 109 cm³/mol. The van der Waals surface area contributed by atoms with E-state index in [0.29, 0.717) is 37.9 Å². The predicted octanol–water partition coefficient (Wildman–Crippen LogP) is 1.53. The Morgan fingerprint density at radius 2 is 1.96 bits per heavy atom. The van der Waals surface area contributed by atoms with E-state index in [4.69, 9.17) is 4.74 Å². The highest BCUT2D eigenvalue weighted by atomic mass is 16.5. The smallest absolute Gasteiger partial charge is 0.255 e. The Hall–Kier alpha value is -2.67. The molecule has 1 amide bonds. The minimum Gasteiger partial charge on any atom is -0.378 e. The van der Waals surface area contributed by atoms with Crippen LogP contribution >= 0.6 is 0 Å². The first-order chi connectivity index (χ1) is 13.5. The minimum atomic E-state index is -0.207. The van der Waals surface area contributed by atoms with Crippen LogP contribution in [0.5, 0.6) is 0 Å². The topological polar surface area (TPSA) is 76.5 Å². The number of nitrogens with one attached hydrogen (secondary N) is 1. The Balaban J connectivity index is 1.63. The summed E-state index contributed by atoms with van der Waals surface area (Å²) in [5.41, 5.74) is 1.69. The molecule has 0 saturated carbocycles. The lowest BCUT2D eigenvalue weighted by molar-refractivity contribution is -0.122. The summed E-state index contributed by atoms with van der Waals surface area (Å²) in [6, 6.07) is 11.7. The largest absolute Gasteiger partial charge is 0.378 e. The molecule has 150 valence electrons. The van der Waals surface area contributed by atoms with Gasteiger partial charge in [-0.3, -0.25) is 14.2 Å². The van der Waals surface area contributed by atoms with Gasteiger partial charge in [-0.25, -0.2) is 4.98 Å². The number of rotatable bonds is 7. The molecule has 0 radical (unpaired) electrons. The molecule has 0 aliphatic carbocycles. The Morgan fingerprint density at radius 1 is 1.25 bits per heavy atom. The first-order valence-corrected chi connectivity index (χ1v) is 9.77. The lowest BCUT2D eigenvalue weighted by Gasteiger charge is -2.29. The van der Waals surface area contributed by atoms with E-state index < -0.39 is 0 Å². The fraction of sp³-hybridized carbons (Fsp3) is 0.476. The van der Waals surface area contributed by atoms with Crippen molar-refractivity contribution in [2.75, 3.05) is 31.2 Å². The van der Waals surface area contributed by atoms with Crippen molar-refractivity contribution in [2.24, 2.45) is 0 Å². The van der Waals surface area contributed by atoms with Gasteiger partial charge >= 0.3 is 0 Å². The number of morpholine rings is 1. The van der Waals surface area contributed by atoms with Gasteiger partial charge in [0.25, 0.3) is 5.56 Å². The number of anilines is 1. The van der Waals surface area contributed by atoms with Crippen LogP contribution in [0.25, 0.3) is 0 Å². The molecule has 1 aliphatic rings. The van der Waals surface area contributed by atoms with E-state index in [1.54, 1.807) is 6.92 Å². The van der Waals surface area contributed by atoms with Gasteiger partial charge in [0.2, 0.25) is 11.9 Å². The van der Waals surface area contributed by atoms with Crippen molar-refractivity contribution in [1.82, 2.24) is 14.9 Å². The summed E-state index contributed by atoms with van der Waals surface area (Å²) >= 11 is 0. The Morgan fingerprint density at radius 3 is 2.68 bits per heavy atom. The highest BCUT2D eigenvalue weighted by Crippen LogP contribution is 2.12. The highest BCUT2D eigenvalue weighted by Gasteiger charge is 2.20. The number of amides is 1. The summed E-state index contributed by atoms with van der Waals surface area (Å²) in [6.45, 7) is 6.24. The Bertz CT molecular complexity index is 844. The Kier molecular flexibility index (Phi) is 6.81. The molecule has 1 aromatic carbocycles. The van der Waals surface area contributed by atoms with E-state index in [0.717, 1.165) is 12.8 Å². The number of aryl methyl sites for hydroxylation is 2. The molecule has 1 fully saturated rings. The van der Waals surface area contributed by atoms with Crippen molar-refractivity contribution in [3.63, 3.8) is 0 Å². The van der Waals surface area contributed by atoms with Crippen LogP contribution in [0.15, 0.2) is 41.2 Å². The van der Waals surface area contributed by atoms with Gasteiger partial charge < -0.3 is 15.0 Å². The van der Waals surface area contributed by atoms with Crippen LogP contribution in [0.2, 0.25) is 0 Å². The van der Waals surface area contributed by atoms with Crippen molar-refractivity contribution in [3.05, 3.63) is 58.0 Å². The summed E-state index contributed by atoms with van der Waals surface area (Å²) in [5.74, 6) is 0.364. The standard InChI is InChI=1S/C21H28N4O3/c1-16(8-9-18-6-4-3-5-7-18)22-19(26)15-25-20(27)14-17(2)23-21(25)24-10-12-28-13-11-24/h3-7,14,16H,8-13,15H2,1-2H3,(H,22,26). The van der Waals surface area contributed by atoms with Gasteiger partial charge in [0.1, 0.15) is 6.54 Å². The third kappa shape index (κ3) is 5.42. The quantitative estimate of drug-likeness (QED) is 0.783. The van der Waals surface area contributed by atoms with E-state index in [9.17, 15) is 9.59 Å². The van der Waals surface area contributed by atoms with E-state index in [1.807, 2.05) is 30.0 Å². The molecule has 2 heterocycles. The molecule has 1 atom stereocenters. The number of nitrogens with zero attached hydrogens (tertiary/aromatic N) is 3. The van der Waals surface area contributed by atoms with Gasteiger partial charge in [-0.1, -0.05) is 30.3 Å². The van der Waals surface area contributed by atoms with E-state index in [2.05, 4.69) is 22.4 Å². The lowest BCUT2D eigenvalue weighted by atomic mass is 10.1. The number of hydrogen-bond donors (Lipinski definition) is 1. The molecule has 7 heteroatoms. The van der Waals surface area contributed by atoms with Gasteiger partial charge in [-0.2, -0.15) is 0 Å². The van der Waals surface area contributed by atoms with Crippen molar-refractivity contribution in [1.29, 1.82) is 0 Å². The number of hydrogen-bond acceptors (Lipinski definition) is 5. The summed E-state index contributed by atoms with van der Waals surface area (Å²) < 4.78 is 6.84. The summed E-state index contributed by atoms with van der Waals surface area (Å²) in [7, 11) is 0. The molecule has 2 aromatic rings. The molecule has 1 N–H and O–H groups in total. The molecular weight excluding hydrogens is 356 g/mol. The van der Waals surface area contributed by atoms with E-state index >= 15 is 0 Å². The van der Waals surface area contributed by atoms with Gasteiger partial charge in [-0.15, -0.1) is 0 Å². The normalized spacial score (nSPS) is 15.3. The number of ether oxygens (including phenoxy) is 1. The average molecular weight is 384 g/mol. The third-order valence-electron chi connectivity index (χ3n) is 4.83. The fourth-order valence-electron chi connectivity index (χ4n) is 3.32. The number of carbonyl (C=O) groups is 1. The molecule has 3 rings (SSSR count). The van der Waals surface area contributed by atoms with Crippen LogP contribution in [0.1, 0.15) is 24.6 Å². The highest BCUT2D eigenvalue weighted by molar-refractivity contribution is 5.76. The number of aromatic nitrogens is 2. The molecule has 0 spiro atoms. The van der Waals surface area contributed by atoms with Crippen LogP contribution in [-0.2, 0) is 22.5 Å². The van der Waals surface area contributed by atoms with Gasteiger partial charge in [-0.05, 0) is 32.3 Å². The van der Waals surface area contributed by atoms with Crippen LogP contribution in [0.3, 0.4) is 0 Å². The first-order valence-electron chi connectivity index (χ1n) is 9.77. The summed E-state index contributed by atoms with van der Waals surface area (Å²) in [4.78, 5) is 31.6. The summed E-state index contributed by atoms with van der Waals surface area (Å²) in [5, 5.41) is 3.00. The van der Waals surface area contributed by atoms with E-state index in [1.165, 1.54) is 16.2 Å². The van der Waals surface area contributed by atoms with Crippen LogP contribution in [0, 0.1) is 6.92 Å². The minimum absolute atomic E-state index is 0.0219. The van der Waals surface area contributed by atoms with Crippen molar-refractivity contribution < 1.29 is 9.53 Å². The second kappa shape index (κ2) is 9.50. The first kappa shape index (κ1) is 20.1. The molecule has 7 nitrogen and oxygen atoms in total. The molecule has 28 heavy (non-hydrogen) atoms. The average Bonchev–Trinajstić information content (AvgIpc) is 2.69. The second-order valence-electron chi connectivity index (χ2n) is 7.21. The Labute approximate surface area is 165 Å². The zero-order valence-corrected chi connectivity index (χ0v) is 16.6. The zero-order valence-electron chi connectivity index (χ0n) is 16.6. The lowest BCUT2D eigenvalue weighted by Crippen LogP contribution is -2.43. The van der Waals surface area contributed by atoms with Gasteiger partial charge in [0, 0.05) is 30.9 Å². The maximum Gasteiger partial charge on any atom is 0.255 e. The molecule has 0 bridgehead atoms. The molecule has 1 unspecified atom stereocenters. The molecule has 1 saturated heterocycles. The maximum atomic E-state index is 12.6. The zero-order chi connectivity index (χ0) is 19.9. The SMILES string of the molecule is Cc1cc(=O)n(CC(=O)NC(C)CCc2ccccc2)c(N2CCOCC2)n1. The fourth-order valence-corrected chi connectivity index (χ4v) is 3.32. The third-order valence-corrected chi connectivity index (χ3v) is 4.83. The van der Waals surface area contributed by atoms with Crippen molar-refractivity contribution in [2.45, 2.75) is 39.3 Å². The van der Waals surface area contributed by atoms with Crippen LogP contribution in [-0.4, -0.2) is 47.8 Å². The van der Waals surface area contributed by atoms with Crippen LogP contribution < -0.4 is 15.8 Å². The monoisotopic (exact) mass is 384 g/mol. The molecule has 1 aliphatic heterocycles. The van der Waals surface area contributed by atoms with Gasteiger partial charge in [0.15, 0.2) is 0 Å².